The number of hydrogen-bond donors (Lipinski definition) is 0. The standard InChI is InChI=1S/C15H17N5OS/c1-10(15-16-11(2)19-21-15)22-9-13-17-18-14(20(13)3)12-7-5-4-6-8-12/h4-8,10H,9H2,1-3H3/t10-/m0/s1. The van der Waals surface area contributed by atoms with Crippen LogP contribution >= 0.6 is 11.8 Å². The molecule has 2 aromatic heterocycles. The van der Waals surface area contributed by atoms with Crippen LogP contribution in [0.3, 0.4) is 0 Å². The molecule has 114 valence electrons. The van der Waals surface area contributed by atoms with Crippen LogP contribution in [-0.4, -0.2) is 24.9 Å². The number of benzene rings is 1. The molecule has 0 bridgehead atoms. The Kier molecular flexibility index (Phi) is 4.24. The minimum absolute atomic E-state index is 0.123. The van der Waals surface area contributed by atoms with Crippen LogP contribution in [-0.2, 0) is 12.8 Å². The fraction of sp³-hybridized carbons (Fsp3) is 0.333. The molecule has 1 aromatic carbocycles. The predicted molar refractivity (Wildman–Crippen MR) is 85.2 cm³/mol. The fourth-order valence-corrected chi connectivity index (χ4v) is 2.96. The van der Waals surface area contributed by atoms with Crippen molar-refractivity contribution in [3.63, 3.8) is 0 Å². The van der Waals surface area contributed by atoms with Crippen molar-refractivity contribution in [2.45, 2.75) is 24.9 Å². The van der Waals surface area contributed by atoms with E-state index >= 15 is 0 Å². The molecule has 0 aliphatic heterocycles. The lowest BCUT2D eigenvalue weighted by atomic mass is 10.2. The Morgan fingerprint density at radius 2 is 2.00 bits per heavy atom. The van der Waals surface area contributed by atoms with E-state index in [4.69, 9.17) is 4.52 Å². The van der Waals surface area contributed by atoms with Crippen LogP contribution < -0.4 is 0 Å². The highest BCUT2D eigenvalue weighted by Gasteiger charge is 2.16. The Balaban J connectivity index is 1.70. The molecule has 0 spiro atoms. The zero-order chi connectivity index (χ0) is 15.5. The molecule has 0 radical (unpaired) electrons. The summed E-state index contributed by atoms with van der Waals surface area (Å²) in [6, 6.07) is 10.1. The number of aromatic nitrogens is 5. The van der Waals surface area contributed by atoms with Gasteiger partial charge in [-0.1, -0.05) is 35.5 Å². The first-order valence-electron chi connectivity index (χ1n) is 7.00. The van der Waals surface area contributed by atoms with E-state index in [1.165, 1.54) is 0 Å². The maximum atomic E-state index is 5.19. The summed E-state index contributed by atoms with van der Waals surface area (Å²) in [5.41, 5.74) is 1.06. The smallest absolute Gasteiger partial charge is 0.239 e. The molecule has 3 rings (SSSR count). The van der Waals surface area contributed by atoms with Crippen LogP contribution in [0.5, 0.6) is 0 Å². The lowest BCUT2D eigenvalue weighted by molar-refractivity contribution is 0.376. The fourth-order valence-electron chi connectivity index (χ4n) is 2.07. The van der Waals surface area contributed by atoms with Gasteiger partial charge in [0.05, 0.1) is 11.0 Å². The predicted octanol–water partition coefficient (Wildman–Crippen LogP) is 3.17. The minimum Gasteiger partial charge on any atom is -0.338 e. The molecule has 0 unspecified atom stereocenters. The molecule has 0 fully saturated rings. The zero-order valence-corrected chi connectivity index (χ0v) is 13.5. The van der Waals surface area contributed by atoms with Gasteiger partial charge < -0.3 is 9.09 Å². The monoisotopic (exact) mass is 315 g/mol. The van der Waals surface area contributed by atoms with Crippen LogP contribution in [0.1, 0.15) is 29.7 Å². The van der Waals surface area contributed by atoms with Gasteiger partial charge in [0, 0.05) is 12.6 Å². The van der Waals surface area contributed by atoms with E-state index in [-0.39, 0.29) is 5.25 Å². The first-order chi connectivity index (χ1) is 10.6. The summed E-state index contributed by atoms with van der Waals surface area (Å²) in [5, 5.41) is 12.5. The summed E-state index contributed by atoms with van der Waals surface area (Å²) in [7, 11) is 1.99. The van der Waals surface area contributed by atoms with Crippen molar-refractivity contribution in [2.24, 2.45) is 7.05 Å². The molecule has 2 heterocycles. The molecule has 22 heavy (non-hydrogen) atoms. The quantitative estimate of drug-likeness (QED) is 0.720. The molecule has 0 saturated carbocycles. The molecule has 0 aliphatic rings. The van der Waals surface area contributed by atoms with Crippen molar-refractivity contribution in [1.82, 2.24) is 24.9 Å². The summed E-state index contributed by atoms with van der Waals surface area (Å²) < 4.78 is 7.22. The summed E-state index contributed by atoms with van der Waals surface area (Å²) in [5.74, 6) is 3.84. The Morgan fingerprint density at radius 1 is 1.23 bits per heavy atom. The molecular weight excluding hydrogens is 298 g/mol. The molecule has 7 heteroatoms. The van der Waals surface area contributed by atoms with Crippen LogP contribution in [0.25, 0.3) is 11.4 Å². The summed E-state index contributed by atoms with van der Waals surface area (Å²) in [6.45, 7) is 3.87. The number of hydrogen-bond acceptors (Lipinski definition) is 6. The zero-order valence-electron chi connectivity index (χ0n) is 12.7. The lowest BCUT2D eigenvalue weighted by Crippen LogP contribution is -1.99. The highest BCUT2D eigenvalue weighted by molar-refractivity contribution is 7.98. The molecule has 0 amide bonds. The topological polar surface area (TPSA) is 69.6 Å². The number of rotatable bonds is 5. The Hall–Kier alpha value is -2.15. The second-order valence-corrected chi connectivity index (χ2v) is 6.33. The van der Waals surface area contributed by atoms with Crippen LogP contribution in [0.2, 0.25) is 0 Å². The summed E-state index contributed by atoms with van der Waals surface area (Å²) in [4.78, 5) is 4.26. The number of aryl methyl sites for hydroxylation is 1. The van der Waals surface area contributed by atoms with Gasteiger partial charge in [-0.15, -0.1) is 22.0 Å². The Morgan fingerprint density at radius 3 is 2.68 bits per heavy atom. The Bertz CT molecular complexity index is 752. The van der Waals surface area contributed by atoms with Gasteiger partial charge in [0.1, 0.15) is 5.82 Å². The third kappa shape index (κ3) is 3.04. The highest BCUT2D eigenvalue weighted by atomic mass is 32.2. The Labute approximate surface area is 133 Å². The van der Waals surface area contributed by atoms with Crippen molar-refractivity contribution in [3.8, 4) is 11.4 Å². The maximum absolute atomic E-state index is 5.19. The van der Waals surface area contributed by atoms with E-state index in [9.17, 15) is 0 Å². The minimum atomic E-state index is 0.123. The molecule has 0 saturated heterocycles. The van der Waals surface area contributed by atoms with E-state index < -0.39 is 0 Å². The average Bonchev–Trinajstić information content (AvgIpc) is 3.12. The first-order valence-corrected chi connectivity index (χ1v) is 8.05. The van der Waals surface area contributed by atoms with E-state index in [0.29, 0.717) is 11.7 Å². The van der Waals surface area contributed by atoms with Crippen molar-refractivity contribution >= 4 is 11.8 Å². The van der Waals surface area contributed by atoms with Crippen molar-refractivity contribution in [3.05, 3.63) is 47.9 Å². The number of thioether (sulfide) groups is 1. The third-order valence-corrected chi connectivity index (χ3v) is 4.48. The largest absolute Gasteiger partial charge is 0.338 e. The highest BCUT2D eigenvalue weighted by Crippen LogP contribution is 2.30. The molecule has 6 nitrogen and oxygen atoms in total. The van der Waals surface area contributed by atoms with Gasteiger partial charge in [-0.3, -0.25) is 0 Å². The van der Waals surface area contributed by atoms with Crippen molar-refractivity contribution in [1.29, 1.82) is 0 Å². The van der Waals surface area contributed by atoms with Gasteiger partial charge in [0.25, 0.3) is 0 Å². The molecular formula is C15H17N5OS. The van der Waals surface area contributed by atoms with Gasteiger partial charge in [-0.05, 0) is 13.8 Å². The number of nitrogens with zero attached hydrogens (tertiary/aromatic N) is 5. The normalized spacial score (nSPS) is 12.5. The van der Waals surface area contributed by atoms with E-state index in [0.717, 1.165) is 23.0 Å². The summed E-state index contributed by atoms with van der Waals surface area (Å²) in [6.07, 6.45) is 0. The van der Waals surface area contributed by atoms with Crippen LogP contribution in [0.15, 0.2) is 34.9 Å². The second-order valence-electron chi connectivity index (χ2n) is 5.00. The molecule has 1 atom stereocenters. The average molecular weight is 315 g/mol. The lowest BCUT2D eigenvalue weighted by Gasteiger charge is -2.07. The molecule has 0 aliphatic carbocycles. The SMILES string of the molecule is Cc1noc([C@H](C)SCc2nnc(-c3ccccc3)n2C)n1. The third-order valence-electron chi connectivity index (χ3n) is 3.35. The molecule has 0 N–H and O–H groups in total. The van der Waals surface area contributed by atoms with E-state index in [1.54, 1.807) is 11.8 Å². The van der Waals surface area contributed by atoms with Crippen LogP contribution in [0.4, 0.5) is 0 Å². The summed E-state index contributed by atoms with van der Waals surface area (Å²) >= 11 is 1.70. The van der Waals surface area contributed by atoms with Gasteiger partial charge in [-0.25, -0.2) is 0 Å². The van der Waals surface area contributed by atoms with Crippen molar-refractivity contribution < 1.29 is 4.52 Å². The second kappa shape index (κ2) is 6.31. The van der Waals surface area contributed by atoms with E-state index in [1.807, 2.05) is 55.8 Å². The van der Waals surface area contributed by atoms with Gasteiger partial charge in [-0.2, -0.15) is 4.98 Å². The van der Waals surface area contributed by atoms with E-state index in [2.05, 4.69) is 20.3 Å². The maximum Gasteiger partial charge on any atom is 0.239 e. The van der Waals surface area contributed by atoms with Crippen molar-refractivity contribution in [2.75, 3.05) is 0 Å². The molecule has 3 aromatic rings. The van der Waals surface area contributed by atoms with Gasteiger partial charge in [0.2, 0.25) is 5.89 Å². The first kappa shape index (κ1) is 14.8. The van der Waals surface area contributed by atoms with Crippen LogP contribution in [0, 0.1) is 6.92 Å². The van der Waals surface area contributed by atoms with Gasteiger partial charge in [0.15, 0.2) is 11.6 Å². The van der Waals surface area contributed by atoms with Gasteiger partial charge >= 0.3 is 0 Å².